The van der Waals surface area contributed by atoms with Crippen LogP contribution in [-0.2, 0) is 14.8 Å². The fourth-order valence-corrected chi connectivity index (χ4v) is 3.64. The summed E-state index contributed by atoms with van der Waals surface area (Å²) in [5.41, 5.74) is 0.151. The Kier molecular flexibility index (Phi) is 5.20. The van der Waals surface area contributed by atoms with Crippen LogP contribution in [0.5, 0.6) is 0 Å². The Balaban J connectivity index is 2.50. The van der Waals surface area contributed by atoms with Crippen molar-refractivity contribution in [2.45, 2.75) is 4.90 Å². The van der Waals surface area contributed by atoms with Crippen LogP contribution in [0.1, 0.15) is 0 Å². The number of hydrogen-bond acceptors (Lipinski definition) is 3. The third-order valence-electron chi connectivity index (χ3n) is 2.78. The molecule has 0 heterocycles. The van der Waals surface area contributed by atoms with Crippen molar-refractivity contribution in [3.63, 3.8) is 0 Å². The van der Waals surface area contributed by atoms with Gasteiger partial charge in [-0.05, 0) is 60.1 Å². The molecule has 0 amide bonds. The number of nitrogens with zero attached hydrogens (tertiary/aromatic N) is 1. The monoisotopic (exact) mass is 405 g/mol. The lowest BCUT2D eigenvalue weighted by Gasteiger charge is -2.23. The minimum Gasteiger partial charge on any atom is -0.279 e. The highest BCUT2D eigenvalue weighted by Crippen LogP contribution is 2.25. The molecule has 0 N–H and O–H groups in total. The fourth-order valence-electron chi connectivity index (χ4n) is 1.77. The number of rotatable bonds is 5. The van der Waals surface area contributed by atoms with Crippen LogP contribution >= 0.6 is 27.5 Å². The normalized spacial score (nSPS) is 11.2. The summed E-state index contributed by atoms with van der Waals surface area (Å²) >= 11 is 8.56. The molecule has 0 spiro atoms. The van der Waals surface area contributed by atoms with Crippen LogP contribution in [0.3, 0.4) is 0 Å². The average molecular weight is 407 g/mol. The first kappa shape index (κ1) is 16.9. The van der Waals surface area contributed by atoms with Gasteiger partial charge in [-0.15, -0.1) is 0 Å². The van der Waals surface area contributed by atoms with E-state index in [1.807, 2.05) is 0 Å². The molecule has 4 nitrogen and oxygen atoms in total. The summed E-state index contributed by atoms with van der Waals surface area (Å²) in [4.78, 5) is 11.2. The van der Waals surface area contributed by atoms with Gasteiger partial charge in [0, 0.05) is 4.47 Å². The number of carbonyl (C=O) groups excluding carboxylic acids is 1. The van der Waals surface area contributed by atoms with Crippen molar-refractivity contribution >= 4 is 48.5 Å². The van der Waals surface area contributed by atoms with E-state index in [0.29, 0.717) is 4.47 Å². The zero-order chi connectivity index (χ0) is 16.3. The summed E-state index contributed by atoms with van der Waals surface area (Å²) < 4.78 is 39.9. The number of benzene rings is 2. The third-order valence-corrected chi connectivity index (χ3v) is 5.22. The third kappa shape index (κ3) is 3.85. The van der Waals surface area contributed by atoms with E-state index in [4.69, 9.17) is 11.6 Å². The molecule has 2 rings (SSSR count). The van der Waals surface area contributed by atoms with Crippen LogP contribution in [0, 0.1) is 5.82 Å². The summed E-state index contributed by atoms with van der Waals surface area (Å²) in [5, 5.41) is -0.843. The summed E-state index contributed by atoms with van der Waals surface area (Å²) in [6, 6.07) is 10.7. The molecule has 0 aromatic heterocycles. The highest BCUT2D eigenvalue weighted by atomic mass is 79.9. The molecule has 0 aliphatic heterocycles. The van der Waals surface area contributed by atoms with E-state index in [9.17, 15) is 17.6 Å². The summed E-state index contributed by atoms with van der Waals surface area (Å²) in [7, 11) is -3.99. The predicted molar refractivity (Wildman–Crippen MR) is 85.9 cm³/mol. The molecule has 0 saturated heterocycles. The van der Waals surface area contributed by atoms with Crippen molar-refractivity contribution in [3.8, 4) is 0 Å². The SMILES string of the molecule is O=C(Cl)CN(c1ccc(F)cc1)S(=O)(=O)c1ccc(Br)cc1. The second-order valence-electron chi connectivity index (χ2n) is 4.30. The maximum Gasteiger partial charge on any atom is 0.264 e. The maximum atomic E-state index is 13.0. The summed E-state index contributed by atoms with van der Waals surface area (Å²) in [6.45, 7) is -0.550. The Bertz CT molecular complexity index is 779. The van der Waals surface area contributed by atoms with Crippen molar-refractivity contribution in [1.82, 2.24) is 0 Å². The number of anilines is 1. The first-order valence-corrected chi connectivity index (χ1v) is 8.64. The second kappa shape index (κ2) is 6.76. The van der Waals surface area contributed by atoms with Crippen molar-refractivity contribution < 1.29 is 17.6 Å². The molecular weight excluding hydrogens is 397 g/mol. The first-order valence-electron chi connectivity index (χ1n) is 6.03. The first-order chi connectivity index (χ1) is 10.3. The Morgan fingerprint density at radius 3 is 2.14 bits per heavy atom. The summed E-state index contributed by atoms with van der Waals surface area (Å²) in [5.74, 6) is -0.512. The highest BCUT2D eigenvalue weighted by molar-refractivity contribution is 9.10. The average Bonchev–Trinajstić information content (AvgIpc) is 2.46. The molecule has 0 aliphatic carbocycles. The summed E-state index contributed by atoms with van der Waals surface area (Å²) in [6.07, 6.45) is 0. The molecular formula is C14H10BrClFNO3S. The van der Waals surface area contributed by atoms with Gasteiger partial charge in [-0.1, -0.05) is 15.9 Å². The minimum atomic E-state index is -3.99. The van der Waals surface area contributed by atoms with Gasteiger partial charge in [0.2, 0.25) is 5.24 Å². The van der Waals surface area contributed by atoms with Crippen molar-refractivity contribution in [1.29, 1.82) is 0 Å². The fraction of sp³-hybridized carbons (Fsp3) is 0.0714. The molecule has 116 valence electrons. The van der Waals surface area contributed by atoms with Gasteiger partial charge in [-0.25, -0.2) is 12.8 Å². The van der Waals surface area contributed by atoms with Crippen LogP contribution in [-0.4, -0.2) is 20.2 Å². The minimum absolute atomic E-state index is 0.00191. The Hall–Kier alpha value is -1.44. The number of carbonyl (C=O) groups is 1. The quantitative estimate of drug-likeness (QED) is 0.714. The molecule has 0 radical (unpaired) electrons. The Labute approximate surface area is 140 Å². The van der Waals surface area contributed by atoms with Crippen LogP contribution in [0.25, 0.3) is 0 Å². The number of sulfonamides is 1. The van der Waals surface area contributed by atoms with Gasteiger partial charge >= 0.3 is 0 Å². The van der Waals surface area contributed by atoms with E-state index in [0.717, 1.165) is 16.4 Å². The largest absolute Gasteiger partial charge is 0.279 e. The standard InChI is InChI=1S/C14H10BrClFNO3S/c15-10-1-7-13(8-2-10)22(20,21)18(9-14(16)19)12-5-3-11(17)4-6-12/h1-8H,9H2. The molecule has 0 saturated carbocycles. The smallest absolute Gasteiger partial charge is 0.264 e. The molecule has 0 fully saturated rings. The van der Waals surface area contributed by atoms with Gasteiger partial charge in [0.1, 0.15) is 12.4 Å². The van der Waals surface area contributed by atoms with Crippen molar-refractivity contribution in [3.05, 3.63) is 58.8 Å². The molecule has 0 bridgehead atoms. The van der Waals surface area contributed by atoms with Gasteiger partial charge in [0.05, 0.1) is 10.6 Å². The van der Waals surface area contributed by atoms with E-state index in [1.54, 1.807) is 12.1 Å². The van der Waals surface area contributed by atoms with E-state index in [1.165, 1.54) is 24.3 Å². The molecule has 0 unspecified atom stereocenters. The van der Waals surface area contributed by atoms with E-state index >= 15 is 0 Å². The van der Waals surface area contributed by atoms with E-state index in [-0.39, 0.29) is 10.6 Å². The van der Waals surface area contributed by atoms with Crippen molar-refractivity contribution in [2.24, 2.45) is 0 Å². The maximum absolute atomic E-state index is 13.0. The second-order valence-corrected chi connectivity index (χ2v) is 7.50. The lowest BCUT2D eigenvalue weighted by Crippen LogP contribution is -2.34. The highest BCUT2D eigenvalue weighted by Gasteiger charge is 2.26. The van der Waals surface area contributed by atoms with Crippen LogP contribution in [0.4, 0.5) is 10.1 Å². The van der Waals surface area contributed by atoms with Crippen LogP contribution < -0.4 is 4.31 Å². The molecule has 8 heteroatoms. The molecule has 2 aromatic carbocycles. The lowest BCUT2D eigenvalue weighted by molar-refractivity contribution is -0.110. The number of hydrogen-bond donors (Lipinski definition) is 0. The molecule has 22 heavy (non-hydrogen) atoms. The van der Waals surface area contributed by atoms with Crippen LogP contribution in [0.2, 0.25) is 0 Å². The Morgan fingerprint density at radius 1 is 1.09 bits per heavy atom. The predicted octanol–water partition coefficient (Wildman–Crippen LogP) is 3.55. The van der Waals surface area contributed by atoms with Crippen molar-refractivity contribution in [2.75, 3.05) is 10.8 Å². The zero-order valence-corrected chi connectivity index (χ0v) is 14.2. The van der Waals surface area contributed by atoms with Gasteiger partial charge in [0.15, 0.2) is 0 Å². The van der Waals surface area contributed by atoms with E-state index < -0.39 is 27.6 Å². The molecule has 0 atom stereocenters. The zero-order valence-electron chi connectivity index (χ0n) is 11.0. The Morgan fingerprint density at radius 2 is 1.64 bits per heavy atom. The van der Waals surface area contributed by atoms with E-state index in [2.05, 4.69) is 15.9 Å². The molecule has 2 aromatic rings. The van der Waals surface area contributed by atoms with Gasteiger partial charge in [-0.3, -0.25) is 9.10 Å². The van der Waals surface area contributed by atoms with Gasteiger partial charge in [-0.2, -0.15) is 0 Å². The molecule has 0 aliphatic rings. The van der Waals surface area contributed by atoms with Gasteiger partial charge < -0.3 is 0 Å². The lowest BCUT2D eigenvalue weighted by atomic mass is 10.3. The topological polar surface area (TPSA) is 54.5 Å². The van der Waals surface area contributed by atoms with Gasteiger partial charge in [0.25, 0.3) is 10.0 Å². The van der Waals surface area contributed by atoms with Crippen LogP contribution in [0.15, 0.2) is 57.9 Å². The number of halogens is 3.